The lowest BCUT2D eigenvalue weighted by Crippen LogP contribution is -2.31. The number of nitrogens with two attached hydrogens (primary N) is 1. The maximum Gasteiger partial charge on any atom is 0.306 e. The molecule has 0 bridgehead atoms. The molecule has 1 fully saturated rings. The van der Waals surface area contributed by atoms with Gasteiger partial charge in [0.2, 0.25) is 0 Å². The summed E-state index contributed by atoms with van der Waals surface area (Å²) in [6.07, 6.45) is 2.90. The van der Waals surface area contributed by atoms with E-state index in [1.807, 2.05) is 0 Å². The number of nitrogens with one attached hydrogen (secondary N) is 1. The number of hydrogen-bond donors (Lipinski definition) is 3. The van der Waals surface area contributed by atoms with Gasteiger partial charge in [-0.05, 0) is 37.5 Å². The van der Waals surface area contributed by atoms with E-state index in [4.69, 9.17) is 10.8 Å². The fourth-order valence-corrected chi connectivity index (χ4v) is 2.58. The standard InChI is InChI=1S/C14H17FN2O3/c15-12-5-4-10(7-11(12)13(16)18)17-9-3-1-2-8(6-9)14(19)20/h4-5,7-9,17H,1-3,6H2,(H2,16,18)(H,19,20). The molecule has 1 amide bonds. The molecular formula is C14H17FN2O3. The minimum Gasteiger partial charge on any atom is -0.481 e. The Hall–Kier alpha value is -2.11. The zero-order valence-corrected chi connectivity index (χ0v) is 10.9. The van der Waals surface area contributed by atoms with Crippen molar-refractivity contribution in [3.05, 3.63) is 29.6 Å². The van der Waals surface area contributed by atoms with Crippen LogP contribution in [-0.2, 0) is 4.79 Å². The van der Waals surface area contributed by atoms with Crippen molar-refractivity contribution in [3.8, 4) is 0 Å². The number of primary amides is 1. The van der Waals surface area contributed by atoms with E-state index >= 15 is 0 Å². The van der Waals surface area contributed by atoms with E-state index in [1.54, 1.807) is 0 Å². The van der Waals surface area contributed by atoms with Crippen molar-refractivity contribution in [1.82, 2.24) is 0 Å². The van der Waals surface area contributed by atoms with Gasteiger partial charge < -0.3 is 16.2 Å². The monoisotopic (exact) mass is 280 g/mol. The Morgan fingerprint density at radius 3 is 2.75 bits per heavy atom. The van der Waals surface area contributed by atoms with Gasteiger partial charge in [0.1, 0.15) is 5.82 Å². The number of carboxylic acids is 1. The molecule has 20 heavy (non-hydrogen) atoms. The van der Waals surface area contributed by atoms with Crippen LogP contribution < -0.4 is 11.1 Å². The highest BCUT2D eigenvalue weighted by Gasteiger charge is 2.26. The van der Waals surface area contributed by atoms with Gasteiger partial charge in [0, 0.05) is 11.7 Å². The molecule has 0 radical (unpaired) electrons. The number of amides is 1. The van der Waals surface area contributed by atoms with Crippen LogP contribution in [0.3, 0.4) is 0 Å². The molecule has 2 unspecified atom stereocenters. The number of aliphatic carboxylic acids is 1. The second-order valence-electron chi connectivity index (χ2n) is 5.10. The average Bonchev–Trinajstić information content (AvgIpc) is 2.41. The zero-order valence-electron chi connectivity index (χ0n) is 10.9. The predicted octanol–water partition coefficient (Wildman–Crippen LogP) is 1.98. The van der Waals surface area contributed by atoms with Crippen LogP contribution in [0.1, 0.15) is 36.0 Å². The van der Waals surface area contributed by atoms with Crippen molar-refractivity contribution in [2.75, 3.05) is 5.32 Å². The molecule has 1 saturated carbocycles. The lowest BCUT2D eigenvalue weighted by Gasteiger charge is -2.28. The summed E-state index contributed by atoms with van der Waals surface area (Å²) in [7, 11) is 0. The molecule has 0 heterocycles. The molecular weight excluding hydrogens is 263 g/mol. The molecule has 6 heteroatoms. The third kappa shape index (κ3) is 3.26. The van der Waals surface area contributed by atoms with Crippen LogP contribution in [0.2, 0.25) is 0 Å². The summed E-state index contributed by atoms with van der Waals surface area (Å²) in [4.78, 5) is 22.1. The molecule has 0 spiro atoms. The first-order chi connectivity index (χ1) is 9.47. The molecule has 1 aromatic carbocycles. The molecule has 1 aliphatic carbocycles. The number of carbonyl (C=O) groups excluding carboxylic acids is 1. The van der Waals surface area contributed by atoms with E-state index in [9.17, 15) is 14.0 Å². The first kappa shape index (κ1) is 14.3. The van der Waals surface area contributed by atoms with Crippen LogP contribution in [0.4, 0.5) is 10.1 Å². The quantitative estimate of drug-likeness (QED) is 0.786. The van der Waals surface area contributed by atoms with Gasteiger partial charge in [-0.1, -0.05) is 6.42 Å². The third-order valence-electron chi connectivity index (χ3n) is 3.63. The summed E-state index contributed by atoms with van der Waals surface area (Å²) in [6, 6.07) is 4.07. The summed E-state index contributed by atoms with van der Waals surface area (Å²) in [5.41, 5.74) is 5.51. The Labute approximate surface area is 116 Å². The minimum absolute atomic E-state index is 0.0102. The highest BCUT2D eigenvalue weighted by molar-refractivity contribution is 5.94. The molecule has 2 atom stereocenters. The summed E-state index contributed by atoms with van der Waals surface area (Å²) in [6.45, 7) is 0. The van der Waals surface area contributed by atoms with Gasteiger partial charge >= 0.3 is 5.97 Å². The maximum atomic E-state index is 13.4. The van der Waals surface area contributed by atoms with Crippen LogP contribution in [-0.4, -0.2) is 23.0 Å². The van der Waals surface area contributed by atoms with E-state index in [0.717, 1.165) is 12.8 Å². The molecule has 0 aliphatic heterocycles. The molecule has 1 aliphatic rings. The Bertz CT molecular complexity index is 533. The number of anilines is 1. The maximum absolute atomic E-state index is 13.4. The van der Waals surface area contributed by atoms with Gasteiger partial charge in [-0.25, -0.2) is 4.39 Å². The Morgan fingerprint density at radius 2 is 2.10 bits per heavy atom. The van der Waals surface area contributed by atoms with Crippen molar-refractivity contribution in [3.63, 3.8) is 0 Å². The van der Waals surface area contributed by atoms with Gasteiger partial charge in [-0.2, -0.15) is 0 Å². The first-order valence-corrected chi connectivity index (χ1v) is 6.56. The Kier molecular flexibility index (Phi) is 4.22. The number of halogens is 1. The average molecular weight is 280 g/mol. The van der Waals surface area contributed by atoms with Crippen LogP contribution in [0, 0.1) is 11.7 Å². The Balaban J connectivity index is 2.08. The van der Waals surface area contributed by atoms with Crippen LogP contribution in [0.15, 0.2) is 18.2 Å². The van der Waals surface area contributed by atoms with E-state index < -0.39 is 17.7 Å². The minimum atomic E-state index is -0.821. The molecule has 0 saturated heterocycles. The molecule has 2 rings (SSSR count). The molecule has 108 valence electrons. The fraction of sp³-hybridized carbons (Fsp3) is 0.429. The lowest BCUT2D eigenvalue weighted by atomic mass is 9.85. The van der Waals surface area contributed by atoms with Gasteiger partial charge in [-0.15, -0.1) is 0 Å². The largest absolute Gasteiger partial charge is 0.481 e. The number of rotatable bonds is 4. The SMILES string of the molecule is NC(=O)c1cc(NC2CCCC(C(=O)O)C2)ccc1F. The second kappa shape index (κ2) is 5.90. The van der Waals surface area contributed by atoms with Crippen LogP contribution in [0.5, 0.6) is 0 Å². The highest BCUT2D eigenvalue weighted by Crippen LogP contribution is 2.27. The predicted molar refractivity (Wildman–Crippen MR) is 71.9 cm³/mol. The van der Waals surface area contributed by atoms with Crippen molar-refractivity contribution in [2.45, 2.75) is 31.7 Å². The number of carboxylic acid groups (broad SMARTS) is 1. The van der Waals surface area contributed by atoms with E-state index in [0.29, 0.717) is 18.5 Å². The van der Waals surface area contributed by atoms with Crippen LogP contribution >= 0.6 is 0 Å². The van der Waals surface area contributed by atoms with Gasteiger partial charge in [-0.3, -0.25) is 9.59 Å². The molecule has 1 aromatic rings. The fourth-order valence-electron chi connectivity index (χ4n) is 2.58. The topological polar surface area (TPSA) is 92.4 Å². The second-order valence-corrected chi connectivity index (χ2v) is 5.10. The van der Waals surface area contributed by atoms with Gasteiger partial charge in [0.15, 0.2) is 0 Å². The number of carbonyl (C=O) groups is 2. The molecule has 0 aromatic heterocycles. The zero-order chi connectivity index (χ0) is 14.7. The number of hydrogen-bond acceptors (Lipinski definition) is 3. The van der Waals surface area contributed by atoms with E-state index in [1.165, 1.54) is 18.2 Å². The van der Waals surface area contributed by atoms with Crippen LogP contribution in [0.25, 0.3) is 0 Å². The highest BCUT2D eigenvalue weighted by atomic mass is 19.1. The van der Waals surface area contributed by atoms with Crippen molar-refractivity contribution in [2.24, 2.45) is 11.7 Å². The smallest absolute Gasteiger partial charge is 0.306 e. The van der Waals surface area contributed by atoms with Crippen molar-refractivity contribution >= 4 is 17.6 Å². The number of benzene rings is 1. The summed E-state index contributed by atoms with van der Waals surface area (Å²) >= 11 is 0. The Morgan fingerprint density at radius 1 is 1.35 bits per heavy atom. The normalized spacial score (nSPS) is 22.2. The summed E-state index contributed by atoms with van der Waals surface area (Å²) < 4.78 is 13.4. The van der Waals surface area contributed by atoms with Gasteiger partial charge in [0.05, 0.1) is 11.5 Å². The lowest BCUT2D eigenvalue weighted by molar-refractivity contribution is -0.142. The van der Waals surface area contributed by atoms with E-state index in [-0.39, 0.29) is 17.5 Å². The summed E-state index contributed by atoms with van der Waals surface area (Å²) in [5, 5.41) is 12.2. The van der Waals surface area contributed by atoms with Crippen molar-refractivity contribution in [1.29, 1.82) is 0 Å². The van der Waals surface area contributed by atoms with Gasteiger partial charge in [0.25, 0.3) is 5.91 Å². The molecule has 5 nitrogen and oxygen atoms in total. The van der Waals surface area contributed by atoms with Crippen molar-refractivity contribution < 1.29 is 19.1 Å². The third-order valence-corrected chi connectivity index (χ3v) is 3.63. The summed E-state index contributed by atoms with van der Waals surface area (Å²) in [5.74, 6) is -2.61. The molecule has 4 N–H and O–H groups in total. The first-order valence-electron chi connectivity index (χ1n) is 6.56. The van der Waals surface area contributed by atoms with E-state index in [2.05, 4.69) is 5.32 Å².